The number of carbonyl (C=O) groups is 5. The first-order valence-corrected chi connectivity index (χ1v) is 14.6. The highest BCUT2D eigenvalue weighted by Crippen LogP contribution is 2.25. The number of esters is 1. The molecular weight excluding hydrogens is 620 g/mol. The fraction of sp³-hybridized carbons (Fsp3) is 0.194. The minimum Gasteiger partial charge on any atom is -0.507 e. The van der Waals surface area contributed by atoms with E-state index in [2.05, 4.69) is 15.0 Å². The molecule has 0 aliphatic rings. The molecule has 48 heavy (non-hydrogen) atoms. The molecule has 0 spiro atoms. The van der Waals surface area contributed by atoms with Gasteiger partial charge in [-0.25, -0.2) is 14.4 Å². The van der Waals surface area contributed by atoms with E-state index in [1.54, 1.807) is 31.2 Å². The number of aryl methyl sites for hydroxylation is 2. The Balaban J connectivity index is 0.000000270. The Morgan fingerprint density at radius 3 is 1.62 bits per heavy atom. The van der Waals surface area contributed by atoms with Crippen LogP contribution in [0.2, 0.25) is 0 Å². The van der Waals surface area contributed by atoms with Crippen LogP contribution in [0.3, 0.4) is 0 Å². The molecule has 0 aliphatic heterocycles. The summed E-state index contributed by atoms with van der Waals surface area (Å²) in [6.07, 6.45) is 1.81. The lowest BCUT2D eigenvalue weighted by molar-refractivity contribution is -0.161. The maximum Gasteiger partial charge on any atom is 0.344 e. The molecule has 4 rings (SSSR count). The van der Waals surface area contributed by atoms with E-state index in [4.69, 9.17) is 15.3 Å². The highest BCUT2D eigenvalue weighted by atomic mass is 16.6. The molecule has 0 amide bonds. The van der Waals surface area contributed by atoms with Crippen molar-refractivity contribution in [3.8, 4) is 5.75 Å². The van der Waals surface area contributed by atoms with Gasteiger partial charge in [0.1, 0.15) is 11.3 Å². The second kappa shape index (κ2) is 19.4. The van der Waals surface area contributed by atoms with Gasteiger partial charge in [-0.3, -0.25) is 9.59 Å². The number of rotatable bonds is 11. The van der Waals surface area contributed by atoms with E-state index in [-0.39, 0.29) is 17.1 Å². The quantitative estimate of drug-likeness (QED) is 0.0721. The predicted octanol–water partition coefficient (Wildman–Crippen LogP) is 7.29. The zero-order valence-corrected chi connectivity index (χ0v) is 26.6. The summed E-state index contributed by atoms with van der Waals surface area (Å²) in [6, 6.07) is 27.8. The topological polar surface area (TPSA) is 200 Å². The molecule has 0 heterocycles. The Morgan fingerprint density at radius 2 is 1.19 bits per heavy atom. The van der Waals surface area contributed by atoms with Gasteiger partial charge in [0.2, 0.25) is 0 Å². The summed E-state index contributed by atoms with van der Waals surface area (Å²) in [5.74, 6) is -4.02. The molecule has 4 aromatic carbocycles. The fourth-order valence-electron chi connectivity index (χ4n) is 3.88. The molecule has 0 radical (unpaired) electrons. The first kappa shape index (κ1) is 38.0. The number of Topliss-reactive ketones (excluding diaryl/α,β-unsaturated/α-hetero) is 1. The molecule has 250 valence electrons. The lowest BCUT2D eigenvalue weighted by Crippen LogP contribution is -2.21. The SMILES string of the molecule is CC(=O)O[C@@H](C)C(=O)O.CC(=O)c1ccc(CCCc2ccc(C(=O)O)cc2)cc1.O=C(O)c1cc(N=Nc2ccccc2)ccc1O. The molecule has 0 aliphatic carbocycles. The summed E-state index contributed by atoms with van der Waals surface area (Å²) in [7, 11) is 0. The number of aromatic carboxylic acids is 2. The molecular formula is C36H36N2O10. The predicted molar refractivity (Wildman–Crippen MR) is 176 cm³/mol. The molecule has 0 saturated carbocycles. The standard InChI is InChI=1S/C18H18O3.C13H10N2O3.C5H8O4/c1-13(19)16-9-5-14(6-10-16)3-2-4-15-7-11-17(12-8-15)18(20)21;16-12-7-6-10(8-11(12)13(17)18)15-14-9-4-2-1-3-5-9;1-3(5(7)8)9-4(2)6/h5-12H,2-4H2,1H3,(H,20,21);1-8,16H,(H,17,18);3H,1-2H3,(H,7,8)/t;;3-/m..0/s1. The summed E-state index contributed by atoms with van der Waals surface area (Å²) in [4.78, 5) is 52.8. The molecule has 0 saturated heterocycles. The first-order valence-electron chi connectivity index (χ1n) is 14.6. The van der Waals surface area contributed by atoms with Gasteiger partial charge in [0.25, 0.3) is 0 Å². The van der Waals surface area contributed by atoms with Crippen molar-refractivity contribution in [2.24, 2.45) is 10.2 Å². The van der Waals surface area contributed by atoms with E-state index < -0.39 is 30.0 Å². The Kier molecular flexibility index (Phi) is 15.3. The average molecular weight is 657 g/mol. The smallest absolute Gasteiger partial charge is 0.344 e. The summed E-state index contributed by atoms with van der Waals surface area (Å²) < 4.78 is 4.27. The number of hydrogen-bond acceptors (Lipinski definition) is 9. The highest BCUT2D eigenvalue weighted by Gasteiger charge is 2.12. The molecule has 0 unspecified atom stereocenters. The maximum atomic E-state index is 11.2. The summed E-state index contributed by atoms with van der Waals surface area (Å²) in [5, 5.41) is 43.0. The van der Waals surface area contributed by atoms with E-state index in [0.717, 1.165) is 30.4 Å². The number of ether oxygens (including phenoxy) is 1. The van der Waals surface area contributed by atoms with Gasteiger partial charge in [0.05, 0.1) is 16.9 Å². The zero-order chi connectivity index (χ0) is 35.6. The van der Waals surface area contributed by atoms with Crippen LogP contribution < -0.4 is 0 Å². The normalized spacial score (nSPS) is 10.8. The fourth-order valence-corrected chi connectivity index (χ4v) is 3.88. The van der Waals surface area contributed by atoms with Gasteiger partial charge in [-0.05, 0) is 86.7 Å². The van der Waals surface area contributed by atoms with Crippen LogP contribution in [0.5, 0.6) is 5.75 Å². The third-order valence-electron chi connectivity index (χ3n) is 6.43. The van der Waals surface area contributed by atoms with Gasteiger partial charge in [-0.1, -0.05) is 54.6 Å². The molecule has 4 aromatic rings. The molecule has 12 nitrogen and oxygen atoms in total. The van der Waals surface area contributed by atoms with Crippen molar-refractivity contribution in [2.75, 3.05) is 0 Å². The average Bonchev–Trinajstić information content (AvgIpc) is 3.05. The van der Waals surface area contributed by atoms with Crippen LogP contribution in [-0.2, 0) is 27.2 Å². The van der Waals surface area contributed by atoms with E-state index in [1.807, 2.05) is 54.6 Å². The molecule has 1 atom stereocenters. The number of azo groups is 1. The van der Waals surface area contributed by atoms with E-state index >= 15 is 0 Å². The van der Waals surface area contributed by atoms with Crippen LogP contribution >= 0.6 is 0 Å². The number of ketones is 1. The molecule has 4 N–H and O–H groups in total. The van der Waals surface area contributed by atoms with Crippen LogP contribution in [-0.4, -0.2) is 56.2 Å². The van der Waals surface area contributed by atoms with Gasteiger partial charge in [-0.15, -0.1) is 0 Å². The largest absolute Gasteiger partial charge is 0.507 e. The molecule has 12 heteroatoms. The highest BCUT2D eigenvalue weighted by molar-refractivity contribution is 5.94. The van der Waals surface area contributed by atoms with Gasteiger partial charge in [0, 0.05) is 12.5 Å². The Bertz CT molecular complexity index is 1660. The Morgan fingerprint density at radius 1 is 0.667 bits per heavy atom. The van der Waals surface area contributed by atoms with Crippen molar-refractivity contribution in [3.05, 3.63) is 125 Å². The number of benzene rings is 4. The van der Waals surface area contributed by atoms with Crippen LogP contribution in [0.25, 0.3) is 0 Å². The minimum absolute atomic E-state index is 0.0834. The van der Waals surface area contributed by atoms with Gasteiger partial charge in [-0.2, -0.15) is 10.2 Å². The Hall–Kier alpha value is -6.17. The van der Waals surface area contributed by atoms with Gasteiger partial charge in [0.15, 0.2) is 11.9 Å². The molecule has 0 fully saturated rings. The van der Waals surface area contributed by atoms with Crippen LogP contribution in [0.1, 0.15) is 69.4 Å². The number of carbonyl (C=O) groups excluding carboxylic acids is 2. The summed E-state index contributed by atoms with van der Waals surface area (Å²) in [6.45, 7) is 4.03. The number of phenols is 1. The number of hydrogen-bond donors (Lipinski definition) is 4. The molecule has 0 aromatic heterocycles. The monoisotopic (exact) mass is 656 g/mol. The number of aromatic hydroxyl groups is 1. The van der Waals surface area contributed by atoms with E-state index in [1.165, 1.54) is 37.6 Å². The van der Waals surface area contributed by atoms with E-state index in [0.29, 0.717) is 16.9 Å². The second-order valence-electron chi connectivity index (χ2n) is 10.2. The van der Waals surface area contributed by atoms with Crippen molar-refractivity contribution in [2.45, 2.75) is 46.1 Å². The number of carboxylic acids is 3. The van der Waals surface area contributed by atoms with Crippen LogP contribution in [0, 0.1) is 0 Å². The first-order chi connectivity index (χ1) is 22.8. The minimum atomic E-state index is -1.20. The van der Waals surface area contributed by atoms with Gasteiger partial charge >= 0.3 is 23.9 Å². The number of aliphatic carboxylic acids is 1. The van der Waals surface area contributed by atoms with Crippen molar-refractivity contribution in [1.82, 2.24) is 0 Å². The van der Waals surface area contributed by atoms with Crippen molar-refractivity contribution in [3.63, 3.8) is 0 Å². The van der Waals surface area contributed by atoms with Crippen LogP contribution in [0.15, 0.2) is 107 Å². The van der Waals surface area contributed by atoms with Crippen molar-refractivity contribution in [1.29, 1.82) is 0 Å². The zero-order valence-electron chi connectivity index (χ0n) is 26.6. The summed E-state index contributed by atoms with van der Waals surface area (Å²) >= 11 is 0. The number of carboxylic acid groups (broad SMARTS) is 3. The third kappa shape index (κ3) is 13.9. The summed E-state index contributed by atoms with van der Waals surface area (Å²) in [5.41, 5.74) is 4.25. The van der Waals surface area contributed by atoms with Crippen molar-refractivity contribution < 1.29 is 49.1 Å². The van der Waals surface area contributed by atoms with E-state index in [9.17, 15) is 29.1 Å². The Labute approximate surface area is 277 Å². The van der Waals surface area contributed by atoms with Crippen molar-refractivity contribution >= 4 is 41.0 Å². The second-order valence-corrected chi connectivity index (χ2v) is 10.2. The number of nitrogens with zero attached hydrogens (tertiary/aromatic N) is 2. The van der Waals surface area contributed by atoms with Crippen LogP contribution in [0.4, 0.5) is 11.4 Å². The maximum absolute atomic E-state index is 11.2. The van der Waals surface area contributed by atoms with Gasteiger partial charge < -0.3 is 25.2 Å². The third-order valence-corrected chi connectivity index (χ3v) is 6.43. The lowest BCUT2D eigenvalue weighted by Gasteiger charge is -2.04. The molecule has 0 bridgehead atoms. The lowest BCUT2D eigenvalue weighted by atomic mass is 10.0.